The summed E-state index contributed by atoms with van der Waals surface area (Å²) in [6.45, 7) is 5.66. The maximum absolute atomic E-state index is 13.1. The van der Waals surface area contributed by atoms with Crippen molar-refractivity contribution in [2.24, 2.45) is 4.99 Å². The molecule has 0 saturated carbocycles. The maximum atomic E-state index is 13.1. The van der Waals surface area contributed by atoms with Gasteiger partial charge in [0, 0.05) is 24.3 Å². The third-order valence-corrected chi connectivity index (χ3v) is 6.75. The normalized spacial score (nSPS) is 18.7. The lowest BCUT2D eigenvalue weighted by molar-refractivity contribution is -0.155. The Kier molecular flexibility index (Phi) is 7.13. The van der Waals surface area contributed by atoms with Crippen LogP contribution in [0.5, 0.6) is 0 Å². The van der Waals surface area contributed by atoms with Crippen molar-refractivity contribution >= 4 is 40.4 Å². The fourth-order valence-electron chi connectivity index (χ4n) is 4.04. The van der Waals surface area contributed by atoms with Crippen LogP contribution in [0.1, 0.15) is 42.1 Å². The summed E-state index contributed by atoms with van der Waals surface area (Å²) in [4.78, 5) is 44.5. The van der Waals surface area contributed by atoms with Crippen LogP contribution in [0.15, 0.2) is 53.5 Å². The number of amides is 2. The van der Waals surface area contributed by atoms with E-state index in [0.29, 0.717) is 16.4 Å². The Hall–Kier alpha value is -3.13. The molecule has 2 aliphatic rings. The Morgan fingerprint density at radius 1 is 1.12 bits per heavy atom. The van der Waals surface area contributed by atoms with Crippen molar-refractivity contribution in [1.29, 1.82) is 0 Å². The number of carbonyl (C=O) groups excluding carboxylic acids is 3. The summed E-state index contributed by atoms with van der Waals surface area (Å²) in [6, 6.07) is 14.6. The van der Waals surface area contributed by atoms with Crippen molar-refractivity contribution in [3.63, 3.8) is 0 Å². The lowest BCUT2D eigenvalue weighted by atomic mass is 10.1. The molecule has 8 heteroatoms. The molecule has 2 atom stereocenters. The number of anilines is 1. The van der Waals surface area contributed by atoms with Gasteiger partial charge in [0.2, 0.25) is 6.10 Å². The lowest BCUT2D eigenvalue weighted by Gasteiger charge is -2.19. The van der Waals surface area contributed by atoms with E-state index in [1.54, 1.807) is 24.3 Å². The van der Waals surface area contributed by atoms with Gasteiger partial charge < -0.3 is 15.0 Å². The second-order valence-electron chi connectivity index (χ2n) is 8.38. The molecule has 0 spiro atoms. The van der Waals surface area contributed by atoms with Gasteiger partial charge in [-0.1, -0.05) is 48.2 Å². The Labute approximate surface area is 197 Å². The number of nitrogens with zero attached hydrogens (tertiary/aromatic N) is 2. The van der Waals surface area contributed by atoms with Crippen molar-refractivity contribution in [3.8, 4) is 0 Å². The van der Waals surface area contributed by atoms with E-state index in [2.05, 4.69) is 15.2 Å². The van der Waals surface area contributed by atoms with Gasteiger partial charge in [-0.2, -0.15) is 4.99 Å². The highest BCUT2D eigenvalue weighted by Crippen LogP contribution is 2.30. The first kappa shape index (κ1) is 23.0. The molecule has 2 amide bonds. The van der Waals surface area contributed by atoms with Crippen LogP contribution in [-0.2, 0) is 19.1 Å². The fraction of sp³-hybridized carbons (Fsp3) is 0.360. The molecule has 0 bridgehead atoms. The Bertz CT molecular complexity index is 1060. The zero-order valence-corrected chi connectivity index (χ0v) is 19.6. The number of hydrogen-bond donors (Lipinski definition) is 1. The molecule has 2 heterocycles. The van der Waals surface area contributed by atoms with Gasteiger partial charge in [0.25, 0.3) is 11.8 Å². The van der Waals surface area contributed by atoms with Crippen molar-refractivity contribution in [3.05, 3.63) is 65.2 Å². The fourth-order valence-corrected chi connectivity index (χ4v) is 5.14. The summed E-state index contributed by atoms with van der Waals surface area (Å²) >= 11 is 1.31. The molecule has 7 nitrogen and oxygen atoms in total. The van der Waals surface area contributed by atoms with E-state index in [9.17, 15) is 14.4 Å². The minimum atomic E-state index is -1.13. The number of benzene rings is 2. The van der Waals surface area contributed by atoms with E-state index < -0.39 is 23.2 Å². The van der Waals surface area contributed by atoms with Crippen molar-refractivity contribution in [2.75, 3.05) is 18.4 Å². The van der Waals surface area contributed by atoms with Crippen LogP contribution in [0, 0.1) is 13.8 Å². The van der Waals surface area contributed by atoms with Crippen LogP contribution >= 0.6 is 11.8 Å². The molecule has 0 aliphatic carbocycles. The van der Waals surface area contributed by atoms with Crippen LogP contribution in [0.25, 0.3) is 0 Å². The quantitative estimate of drug-likeness (QED) is 0.649. The summed E-state index contributed by atoms with van der Waals surface area (Å²) < 4.78 is 5.62. The molecule has 2 aromatic rings. The average Bonchev–Trinajstić information content (AvgIpc) is 3.42. The molecular formula is C25H27N3O4S. The van der Waals surface area contributed by atoms with Gasteiger partial charge in [-0.15, -0.1) is 0 Å². The highest BCUT2D eigenvalue weighted by molar-refractivity contribution is 8.15. The lowest BCUT2D eigenvalue weighted by Crippen LogP contribution is -2.28. The van der Waals surface area contributed by atoms with Crippen LogP contribution < -0.4 is 5.32 Å². The number of rotatable bonds is 6. The molecule has 0 unspecified atom stereocenters. The van der Waals surface area contributed by atoms with E-state index in [1.807, 2.05) is 38.1 Å². The molecule has 2 aromatic carbocycles. The molecule has 1 fully saturated rings. The largest absolute Gasteiger partial charge is 0.447 e. The van der Waals surface area contributed by atoms with Gasteiger partial charge >= 0.3 is 5.97 Å². The summed E-state index contributed by atoms with van der Waals surface area (Å²) in [7, 11) is 0. The zero-order chi connectivity index (χ0) is 23.4. The number of likely N-dealkylation sites (tertiary alicyclic amines) is 1. The number of nitrogens with one attached hydrogen (secondary N) is 1. The SMILES string of the molecule is Cc1cc(C)cc(NC(=O)[C@@H](OC(=O)C[C@@H]2SC(N3CCCC3)=NC2=O)c2ccccc2)c1. The summed E-state index contributed by atoms with van der Waals surface area (Å²) in [5, 5.41) is 2.92. The van der Waals surface area contributed by atoms with E-state index in [0.717, 1.165) is 37.1 Å². The Morgan fingerprint density at radius 3 is 2.45 bits per heavy atom. The molecular weight excluding hydrogens is 438 g/mol. The summed E-state index contributed by atoms with van der Waals surface area (Å²) in [6.07, 6.45) is 0.897. The van der Waals surface area contributed by atoms with E-state index in [4.69, 9.17) is 4.74 Å². The Morgan fingerprint density at radius 2 is 1.79 bits per heavy atom. The van der Waals surface area contributed by atoms with E-state index >= 15 is 0 Å². The maximum Gasteiger partial charge on any atom is 0.308 e. The van der Waals surface area contributed by atoms with Crippen LogP contribution in [0.4, 0.5) is 5.69 Å². The van der Waals surface area contributed by atoms with Crippen molar-refractivity contribution in [2.45, 2.75) is 44.5 Å². The highest BCUT2D eigenvalue weighted by Gasteiger charge is 2.35. The topological polar surface area (TPSA) is 88.1 Å². The van der Waals surface area contributed by atoms with Crippen molar-refractivity contribution < 1.29 is 19.1 Å². The average molecular weight is 466 g/mol. The number of thioether (sulfide) groups is 1. The number of aliphatic imine (C=N–C) groups is 1. The molecule has 0 radical (unpaired) electrons. The van der Waals surface area contributed by atoms with Gasteiger partial charge in [-0.3, -0.25) is 14.4 Å². The zero-order valence-electron chi connectivity index (χ0n) is 18.7. The monoisotopic (exact) mass is 465 g/mol. The molecule has 2 aliphatic heterocycles. The third-order valence-electron chi connectivity index (χ3n) is 5.54. The summed E-state index contributed by atoms with van der Waals surface area (Å²) in [5.41, 5.74) is 3.24. The number of carbonyl (C=O) groups is 3. The smallest absolute Gasteiger partial charge is 0.308 e. The number of aryl methyl sites for hydroxylation is 2. The number of ether oxygens (including phenoxy) is 1. The minimum absolute atomic E-state index is 0.134. The van der Waals surface area contributed by atoms with Crippen LogP contribution in [-0.4, -0.2) is 46.2 Å². The van der Waals surface area contributed by atoms with Crippen LogP contribution in [0.2, 0.25) is 0 Å². The number of amidine groups is 1. The number of esters is 1. The first-order valence-electron chi connectivity index (χ1n) is 11.1. The summed E-state index contributed by atoms with van der Waals surface area (Å²) in [5.74, 6) is -1.38. The second kappa shape index (κ2) is 10.2. The predicted octanol–water partition coefficient (Wildman–Crippen LogP) is 4.01. The molecule has 0 aromatic heterocycles. The van der Waals surface area contributed by atoms with Crippen molar-refractivity contribution in [1.82, 2.24) is 4.90 Å². The van der Waals surface area contributed by atoms with Crippen LogP contribution in [0.3, 0.4) is 0 Å². The Balaban J connectivity index is 1.44. The molecule has 4 rings (SSSR count). The molecule has 33 heavy (non-hydrogen) atoms. The van der Waals surface area contributed by atoms with E-state index in [1.165, 1.54) is 11.8 Å². The molecule has 1 N–H and O–H groups in total. The first-order valence-corrected chi connectivity index (χ1v) is 11.9. The predicted molar refractivity (Wildman–Crippen MR) is 129 cm³/mol. The van der Waals surface area contributed by atoms with Gasteiger partial charge in [0.05, 0.1) is 6.42 Å². The number of hydrogen-bond acceptors (Lipinski definition) is 6. The van der Waals surface area contributed by atoms with E-state index in [-0.39, 0.29) is 12.3 Å². The van der Waals surface area contributed by atoms with Gasteiger partial charge in [-0.25, -0.2) is 0 Å². The van der Waals surface area contributed by atoms with Gasteiger partial charge in [0.1, 0.15) is 5.25 Å². The second-order valence-corrected chi connectivity index (χ2v) is 9.55. The molecule has 1 saturated heterocycles. The first-order chi connectivity index (χ1) is 15.9. The third kappa shape index (κ3) is 5.82. The van der Waals surface area contributed by atoms with Gasteiger partial charge in [0.15, 0.2) is 5.17 Å². The van der Waals surface area contributed by atoms with Gasteiger partial charge in [-0.05, 0) is 49.9 Å². The minimum Gasteiger partial charge on any atom is -0.447 e. The standard InChI is InChI=1S/C25H27N3O4S/c1-16-12-17(2)14-19(13-16)26-24(31)22(18-8-4-3-5-9-18)32-21(29)15-20-23(30)27-25(33-20)28-10-6-7-11-28/h3-5,8-9,12-14,20,22H,6-7,10-11,15H2,1-2H3,(H,26,31)/t20-,22-/m0/s1. The highest BCUT2D eigenvalue weighted by atomic mass is 32.2. The molecule has 172 valence electrons.